The van der Waals surface area contributed by atoms with Crippen molar-refractivity contribution in [2.75, 3.05) is 19.1 Å². The minimum Gasteiger partial charge on any atom is -0.381 e. The summed E-state index contributed by atoms with van der Waals surface area (Å²) >= 11 is 11.9. The molecule has 3 rings (SSSR count). The first-order valence-corrected chi connectivity index (χ1v) is 7.97. The average molecular weight is 331 g/mol. The van der Waals surface area contributed by atoms with E-state index in [1.54, 1.807) is 6.07 Å². The summed E-state index contributed by atoms with van der Waals surface area (Å²) in [7, 11) is 0. The van der Waals surface area contributed by atoms with Crippen LogP contribution in [0.4, 0.5) is 4.39 Å². The van der Waals surface area contributed by atoms with Crippen molar-refractivity contribution in [1.82, 2.24) is 9.55 Å². The lowest BCUT2D eigenvalue weighted by Gasteiger charge is -2.36. The standard InChI is InChI=1S/C15H17Cl2FN2O/c1-15(3-6-21-7-4-15)20-13-8-10(17)11(18)9-12(13)19-14(20)2-5-16/h8-9H,2-7H2,1H3. The number of hydrogen-bond acceptors (Lipinski definition) is 2. The molecular formula is C15H17Cl2FN2O. The first kappa shape index (κ1) is 15.1. The van der Waals surface area contributed by atoms with Crippen LogP contribution in [0.25, 0.3) is 11.0 Å². The van der Waals surface area contributed by atoms with Gasteiger partial charge in [-0.1, -0.05) is 11.6 Å². The Bertz CT molecular complexity index is 665. The lowest BCUT2D eigenvalue weighted by atomic mass is 9.91. The number of fused-ring (bicyclic) bond motifs is 1. The summed E-state index contributed by atoms with van der Waals surface area (Å²) < 4.78 is 21.3. The van der Waals surface area contributed by atoms with Crippen molar-refractivity contribution in [2.24, 2.45) is 0 Å². The molecule has 2 heterocycles. The van der Waals surface area contributed by atoms with Gasteiger partial charge in [0.15, 0.2) is 0 Å². The minimum atomic E-state index is -0.441. The summed E-state index contributed by atoms with van der Waals surface area (Å²) in [4.78, 5) is 4.56. The number of alkyl halides is 1. The van der Waals surface area contributed by atoms with Gasteiger partial charge >= 0.3 is 0 Å². The quantitative estimate of drug-likeness (QED) is 0.791. The predicted molar refractivity (Wildman–Crippen MR) is 82.8 cm³/mol. The fourth-order valence-corrected chi connectivity index (χ4v) is 3.34. The molecule has 0 atom stereocenters. The van der Waals surface area contributed by atoms with Crippen molar-refractivity contribution in [3.63, 3.8) is 0 Å². The van der Waals surface area contributed by atoms with Gasteiger partial charge in [-0.3, -0.25) is 0 Å². The normalized spacial score (nSPS) is 18.3. The Hall–Kier alpha value is -0.840. The monoisotopic (exact) mass is 330 g/mol. The Balaban J connectivity index is 2.22. The number of rotatable bonds is 3. The Kier molecular flexibility index (Phi) is 4.12. The van der Waals surface area contributed by atoms with E-state index in [0.717, 1.165) is 24.2 Å². The summed E-state index contributed by atoms with van der Waals surface area (Å²) in [5, 5.41) is 0.122. The molecule has 6 heteroatoms. The van der Waals surface area contributed by atoms with E-state index in [2.05, 4.69) is 16.5 Å². The maximum absolute atomic E-state index is 13.7. The molecule has 114 valence electrons. The lowest BCUT2D eigenvalue weighted by Crippen LogP contribution is -2.37. The van der Waals surface area contributed by atoms with Gasteiger partial charge in [-0.05, 0) is 25.8 Å². The van der Waals surface area contributed by atoms with Gasteiger partial charge in [0.1, 0.15) is 11.6 Å². The zero-order valence-corrected chi connectivity index (χ0v) is 13.3. The molecule has 0 amide bonds. The van der Waals surface area contributed by atoms with E-state index in [-0.39, 0.29) is 10.6 Å². The fourth-order valence-electron chi connectivity index (χ4n) is 3.01. The van der Waals surface area contributed by atoms with Gasteiger partial charge in [0.2, 0.25) is 0 Å². The maximum atomic E-state index is 13.7. The third-order valence-electron chi connectivity index (χ3n) is 4.19. The molecule has 1 aliphatic heterocycles. The maximum Gasteiger partial charge on any atom is 0.144 e. The number of hydrogen-bond donors (Lipinski definition) is 0. The number of benzene rings is 1. The molecule has 1 saturated heterocycles. The van der Waals surface area contributed by atoms with E-state index in [1.165, 1.54) is 6.07 Å². The van der Waals surface area contributed by atoms with Crippen LogP contribution in [-0.4, -0.2) is 28.6 Å². The second kappa shape index (κ2) is 5.75. The van der Waals surface area contributed by atoms with E-state index in [1.807, 2.05) is 0 Å². The molecule has 0 spiro atoms. The molecule has 3 nitrogen and oxygen atoms in total. The molecule has 2 aromatic rings. The highest BCUT2D eigenvalue weighted by Crippen LogP contribution is 2.35. The molecule has 0 aliphatic carbocycles. The van der Waals surface area contributed by atoms with Gasteiger partial charge in [0.05, 0.1) is 16.1 Å². The highest BCUT2D eigenvalue weighted by molar-refractivity contribution is 6.31. The molecule has 1 aliphatic rings. The third kappa shape index (κ3) is 2.65. The highest BCUT2D eigenvalue weighted by atomic mass is 35.5. The average Bonchev–Trinajstić information content (AvgIpc) is 2.78. The number of ether oxygens (including phenoxy) is 1. The van der Waals surface area contributed by atoms with Gasteiger partial charge in [-0.2, -0.15) is 0 Å². The second-order valence-corrected chi connectivity index (χ2v) is 6.45. The Morgan fingerprint density at radius 3 is 2.76 bits per heavy atom. The van der Waals surface area contributed by atoms with Crippen LogP contribution in [-0.2, 0) is 16.7 Å². The summed E-state index contributed by atoms with van der Waals surface area (Å²) in [6, 6.07) is 3.06. The van der Waals surface area contributed by atoms with Crippen molar-refractivity contribution in [3.05, 3.63) is 28.8 Å². The third-order valence-corrected chi connectivity index (χ3v) is 4.67. The largest absolute Gasteiger partial charge is 0.381 e. The van der Waals surface area contributed by atoms with E-state index in [4.69, 9.17) is 27.9 Å². The van der Waals surface area contributed by atoms with E-state index in [9.17, 15) is 4.39 Å². The molecule has 1 aromatic heterocycles. The number of aromatic nitrogens is 2. The molecular weight excluding hydrogens is 314 g/mol. The van der Waals surface area contributed by atoms with Crippen molar-refractivity contribution >= 4 is 34.2 Å². The molecule has 1 aromatic carbocycles. The number of halogens is 3. The number of imidazole rings is 1. The van der Waals surface area contributed by atoms with Crippen molar-refractivity contribution in [3.8, 4) is 0 Å². The lowest BCUT2D eigenvalue weighted by molar-refractivity contribution is 0.0301. The van der Waals surface area contributed by atoms with Crippen LogP contribution in [0, 0.1) is 5.82 Å². The SMILES string of the molecule is CC1(n2c(CCCl)nc3cc(F)c(Cl)cc32)CCOCC1. The van der Waals surface area contributed by atoms with Crippen molar-refractivity contribution < 1.29 is 9.13 Å². The van der Waals surface area contributed by atoms with Crippen LogP contribution in [0.15, 0.2) is 12.1 Å². The molecule has 0 bridgehead atoms. The van der Waals surface area contributed by atoms with Crippen LogP contribution in [0.2, 0.25) is 5.02 Å². The minimum absolute atomic E-state index is 0.102. The molecule has 21 heavy (non-hydrogen) atoms. The van der Waals surface area contributed by atoms with Gasteiger partial charge in [0, 0.05) is 37.1 Å². The van der Waals surface area contributed by atoms with Crippen LogP contribution >= 0.6 is 23.2 Å². The van der Waals surface area contributed by atoms with Crippen molar-refractivity contribution in [2.45, 2.75) is 31.7 Å². The van der Waals surface area contributed by atoms with Crippen LogP contribution in [0.3, 0.4) is 0 Å². The zero-order chi connectivity index (χ0) is 15.0. The first-order chi connectivity index (χ1) is 10.0. The van der Waals surface area contributed by atoms with Gasteiger partial charge in [-0.15, -0.1) is 11.6 Å². The van der Waals surface area contributed by atoms with Gasteiger partial charge < -0.3 is 9.30 Å². The molecule has 0 radical (unpaired) electrons. The van der Waals surface area contributed by atoms with E-state index >= 15 is 0 Å². The molecule has 0 unspecified atom stereocenters. The van der Waals surface area contributed by atoms with Crippen molar-refractivity contribution in [1.29, 1.82) is 0 Å². The summed E-state index contributed by atoms with van der Waals surface area (Å²) in [6.07, 6.45) is 2.43. The van der Waals surface area contributed by atoms with Gasteiger partial charge in [-0.25, -0.2) is 9.37 Å². The predicted octanol–water partition coefficient (Wildman–Crippen LogP) is 4.14. The first-order valence-electron chi connectivity index (χ1n) is 7.06. The Morgan fingerprint density at radius 1 is 1.38 bits per heavy atom. The number of nitrogens with zero attached hydrogens (tertiary/aromatic N) is 2. The topological polar surface area (TPSA) is 27.1 Å². The highest BCUT2D eigenvalue weighted by Gasteiger charge is 2.33. The second-order valence-electron chi connectivity index (χ2n) is 5.67. The summed E-state index contributed by atoms with van der Waals surface area (Å²) in [5.74, 6) is 0.918. The summed E-state index contributed by atoms with van der Waals surface area (Å²) in [5.41, 5.74) is 1.39. The van der Waals surface area contributed by atoms with E-state index in [0.29, 0.717) is 31.0 Å². The van der Waals surface area contributed by atoms with Gasteiger partial charge in [0.25, 0.3) is 0 Å². The fraction of sp³-hybridized carbons (Fsp3) is 0.533. The number of aryl methyl sites for hydroxylation is 1. The van der Waals surface area contributed by atoms with E-state index < -0.39 is 5.82 Å². The molecule has 0 saturated carbocycles. The molecule has 0 N–H and O–H groups in total. The Morgan fingerprint density at radius 2 is 2.10 bits per heavy atom. The Labute approximate surface area is 133 Å². The zero-order valence-electron chi connectivity index (χ0n) is 11.8. The smallest absolute Gasteiger partial charge is 0.144 e. The van der Waals surface area contributed by atoms with Crippen LogP contribution in [0.5, 0.6) is 0 Å². The van der Waals surface area contributed by atoms with Crippen LogP contribution in [0.1, 0.15) is 25.6 Å². The molecule has 1 fully saturated rings. The summed E-state index contributed by atoms with van der Waals surface area (Å²) in [6.45, 7) is 3.61. The van der Waals surface area contributed by atoms with Crippen LogP contribution < -0.4 is 0 Å².